The molecule has 6 heteroatoms. The first-order valence-electron chi connectivity index (χ1n) is 4.92. The average Bonchev–Trinajstić information content (AvgIpc) is 2.51. The molecule has 15 heavy (non-hydrogen) atoms. The van der Waals surface area contributed by atoms with Gasteiger partial charge < -0.3 is 0 Å². The van der Waals surface area contributed by atoms with Gasteiger partial charge in [0.25, 0.3) is 0 Å². The van der Waals surface area contributed by atoms with E-state index in [0.717, 1.165) is 10.7 Å². The molecule has 0 fully saturated rings. The van der Waals surface area contributed by atoms with Crippen molar-refractivity contribution < 1.29 is 8.42 Å². The minimum atomic E-state index is -3.07. The number of nitrogens with one attached hydrogen (secondary N) is 1. The smallest absolute Gasteiger partial charge is 0.211 e. The fraction of sp³-hybridized carbons (Fsp3) is 0.667. The van der Waals surface area contributed by atoms with Crippen LogP contribution in [0.5, 0.6) is 0 Å². The maximum atomic E-state index is 11.3. The summed E-state index contributed by atoms with van der Waals surface area (Å²) in [7, 11) is -3.07. The second kappa shape index (κ2) is 5.58. The van der Waals surface area contributed by atoms with Crippen LogP contribution in [-0.2, 0) is 16.4 Å². The number of sulfonamides is 1. The molecular formula is C9H16N2O2S2. The zero-order valence-corrected chi connectivity index (χ0v) is 10.6. The average molecular weight is 248 g/mol. The minimum absolute atomic E-state index is 0.198. The summed E-state index contributed by atoms with van der Waals surface area (Å²) >= 11 is 1.57. The molecule has 1 heterocycles. The summed E-state index contributed by atoms with van der Waals surface area (Å²) in [5, 5.41) is 2.95. The van der Waals surface area contributed by atoms with Crippen molar-refractivity contribution in [2.45, 2.75) is 26.7 Å². The highest BCUT2D eigenvalue weighted by Gasteiger charge is 2.07. The molecule has 0 aromatic carbocycles. The lowest BCUT2D eigenvalue weighted by Gasteiger charge is -2.03. The van der Waals surface area contributed by atoms with Gasteiger partial charge in [0, 0.05) is 24.0 Å². The van der Waals surface area contributed by atoms with E-state index in [0.29, 0.717) is 19.4 Å². The topological polar surface area (TPSA) is 59.1 Å². The fourth-order valence-electron chi connectivity index (χ4n) is 1.17. The Kier molecular flexibility index (Phi) is 4.69. The monoisotopic (exact) mass is 248 g/mol. The molecule has 0 saturated carbocycles. The van der Waals surface area contributed by atoms with Gasteiger partial charge in [-0.05, 0) is 13.3 Å². The fourth-order valence-corrected chi connectivity index (χ4v) is 3.04. The highest BCUT2D eigenvalue weighted by Crippen LogP contribution is 2.08. The van der Waals surface area contributed by atoms with Crippen molar-refractivity contribution in [1.82, 2.24) is 9.71 Å². The molecule has 1 rings (SSSR count). The molecule has 0 radical (unpaired) electrons. The van der Waals surface area contributed by atoms with Crippen LogP contribution in [0.25, 0.3) is 0 Å². The third kappa shape index (κ3) is 4.72. The lowest BCUT2D eigenvalue weighted by molar-refractivity contribution is 0.580. The van der Waals surface area contributed by atoms with Crippen LogP contribution in [0.1, 0.15) is 24.0 Å². The van der Waals surface area contributed by atoms with Crippen molar-refractivity contribution in [1.29, 1.82) is 0 Å². The van der Waals surface area contributed by atoms with E-state index in [9.17, 15) is 8.42 Å². The summed E-state index contributed by atoms with van der Waals surface area (Å²) in [5.41, 5.74) is 0.992. The molecule has 0 spiro atoms. The maximum Gasteiger partial charge on any atom is 0.211 e. The molecule has 86 valence electrons. The van der Waals surface area contributed by atoms with Crippen LogP contribution in [0.4, 0.5) is 0 Å². The van der Waals surface area contributed by atoms with Crippen molar-refractivity contribution in [2.75, 3.05) is 12.3 Å². The normalized spacial score (nSPS) is 11.9. The first-order chi connectivity index (χ1) is 7.03. The molecule has 1 N–H and O–H groups in total. The summed E-state index contributed by atoms with van der Waals surface area (Å²) in [5.74, 6) is 0.198. The second-order valence-corrected chi connectivity index (χ2v) is 6.21. The minimum Gasteiger partial charge on any atom is -0.247 e. The lowest BCUT2D eigenvalue weighted by atomic mass is 10.4. The SMILES string of the molecule is CCCS(=O)(=O)NCCc1nc(C)cs1. The Morgan fingerprint density at radius 2 is 2.27 bits per heavy atom. The van der Waals surface area contributed by atoms with Gasteiger partial charge >= 0.3 is 0 Å². The molecule has 0 aliphatic rings. The highest BCUT2D eigenvalue weighted by molar-refractivity contribution is 7.89. The molecule has 0 amide bonds. The molecule has 0 atom stereocenters. The van der Waals surface area contributed by atoms with Crippen LogP contribution in [-0.4, -0.2) is 25.7 Å². The van der Waals surface area contributed by atoms with Crippen molar-refractivity contribution in [3.05, 3.63) is 16.1 Å². The number of rotatable bonds is 6. The van der Waals surface area contributed by atoms with Crippen molar-refractivity contribution >= 4 is 21.4 Å². The van der Waals surface area contributed by atoms with Crippen molar-refractivity contribution in [3.8, 4) is 0 Å². The molecule has 1 aromatic rings. The summed E-state index contributed by atoms with van der Waals surface area (Å²) < 4.78 is 25.2. The number of thiazole rings is 1. The first-order valence-corrected chi connectivity index (χ1v) is 7.45. The van der Waals surface area contributed by atoms with Crippen LogP contribution in [0.2, 0.25) is 0 Å². The Hall–Kier alpha value is -0.460. The predicted octanol–water partition coefficient (Wildman–Crippen LogP) is 1.32. The van der Waals surface area contributed by atoms with Crippen LogP contribution in [0.15, 0.2) is 5.38 Å². The van der Waals surface area contributed by atoms with Gasteiger partial charge in [-0.25, -0.2) is 18.1 Å². The molecule has 0 unspecified atom stereocenters. The van der Waals surface area contributed by atoms with Gasteiger partial charge in [0.05, 0.1) is 10.8 Å². The highest BCUT2D eigenvalue weighted by atomic mass is 32.2. The Balaban J connectivity index is 2.33. The Morgan fingerprint density at radius 3 is 2.80 bits per heavy atom. The Morgan fingerprint density at radius 1 is 1.53 bits per heavy atom. The van der Waals surface area contributed by atoms with Gasteiger partial charge in [0.2, 0.25) is 10.0 Å². The van der Waals surface area contributed by atoms with E-state index in [1.54, 1.807) is 11.3 Å². The van der Waals surface area contributed by atoms with Crippen LogP contribution >= 0.6 is 11.3 Å². The van der Waals surface area contributed by atoms with E-state index in [1.165, 1.54) is 0 Å². The van der Waals surface area contributed by atoms with Gasteiger partial charge in [-0.1, -0.05) is 6.92 Å². The van der Waals surface area contributed by atoms with Crippen LogP contribution in [0.3, 0.4) is 0 Å². The first kappa shape index (κ1) is 12.6. The molecular weight excluding hydrogens is 232 g/mol. The number of aryl methyl sites for hydroxylation is 1. The van der Waals surface area contributed by atoms with Crippen molar-refractivity contribution in [3.63, 3.8) is 0 Å². The zero-order valence-electron chi connectivity index (χ0n) is 8.99. The third-order valence-corrected chi connectivity index (χ3v) is 4.42. The number of hydrogen-bond donors (Lipinski definition) is 1. The van der Waals surface area contributed by atoms with Crippen LogP contribution < -0.4 is 4.72 Å². The lowest BCUT2D eigenvalue weighted by Crippen LogP contribution is -2.28. The maximum absolute atomic E-state index is 11.3. The molecule has 0 aliphatic carbocycles. The van der Waals surface area contributed by atoms with Gasteiger partial charge in [-0.15, -0.1) is 11.3 Å². The van der Waals surface area contributed by atoms with Gasteiger partial charge in [0.15, 0.2) is 0 Å². The summed E-state index contributed by atoms with van der Waals surface area (Å²) in [6.45, 7) is 4.22. The van der Waals surface area contributed by atoms with E-state index >= 15 is 0 Å². The van der Waals surface area contributed by atoms with Gasteiger partial charge in [-0.3, -0.25) is 0 Å². The molecule has 0 saturated heterocycles. The van der Waals surface area contributed by atoms with E-state index in [1.807, 2.05) is 19.2 Å². The number of aromatic nitrogens is 1. The van der Waals surface area contributed by atoms with Gasteiger partial charge in [0.1, 0.15) is 0 Å². The van der Waals surface area contributed by atoms with E-state index in [4.69, 9.17) is 0 Å². The number of nitrogens with zero attached hydrogens (tertiary/aromatic N) is 1. The number of hydrogen-bond acceptors (Lipinski definition) is 4. The third-order valence-electron chi connectivity index (χ3n) is 1.80. The largest absolute Gasteiger partial charge is 0.247 e. The summed E-state index contributed by atoms with van der Waals surface area (Å²) in [6.07, 6.45) is 1.31. The van der Waals surface area contributed by atoms with Crippen molar-refractivity contribution in [2.24, 2.45) is 0 Å². The van der Waals surface area contributed by atoms with Crippen LogP contribution in [0, 0.1) is 6.92 Å². The zero-order chi connectivity index (χ0) is 11.3. The summed E-state index contributed by atoms with van der Waals surface area (Å²) in [4.78, 5) is 4.26. The van der Waals surface area contributed by atoms with E-state index in [2.05, 4.69) is 9.71 Å². The Labute approximate surface area is 94.8 Å². The summed E-state index contributed by atoms with van der Waals surface area (Å²) in [6, 6.07) is 0. The molecule has 0 bridgehead atoms. The molecule has 4 nitrogen and oxygen atoms in total. The van der Waals surface area contributed by atoms with E-state index in [-0.39, 0.29) is 5.75 Å². The molecule has 1 aromatic heterocycles. The Bertz CT molecular complexity index is 398. The quantitative estimate of drug-likeness (QED) is 0.826. The van der Waals surface area contributed by atoms with E-state index < -0.39 is 10.0 Å². The predicted molar refractivity (Wildman–Crippen MR) is 62.6 cm³/mol. The molecule has 0 aliphatic heterocycles. The second-order valence-electron chi connectivity index (χ2n) is 3.35. The van der Waals surface area contributed by atoms with Gasteiger partial charge in [-0.2, -0.15) is 0 Å². The standard InChI is InChI=1S/C9H16N2O2S2/c1-3-6-15(12,13)10-5-4-9-11-8(2)7-14-9/h7,10H,3-6H2,1-2H3.